The maximum absolute atomic E-state index is 12.1. The summed E-state index contributed by atoms with van der Waals surface area (Å²) in [5.41, 5.74) is 2.62. The number of nitrogens with zero attached hydrogens (tertiary/aromatic N) is 1. The minimum atomic E-state index is -0.451. The predicted molar refractivity (Wildman–Crippen MR) is 113 cm³/mol. The van der Waals surface area contributed by atoms with Gasteiger partial charge in [0.15, 0.2) is 5.58 Å². The number of benzene rings is 2. The molecule has 0 amide bonds. The Labute approximate surface area is 170 Å². The minimum absolute atomic E-state index is 0.0291. The van der Waals surface area contributed by atoms with Gasteiger partial charge in [0, 0.05) is 22.8 Å². The number of hydrogen-bond acceptors (Lipinski definition) is 6. The highest BCUT2D eigenvalue weighted by atomic mass is 32.2. The molecule has 3 heterocycles. The van der Waals surface area contributed by atoms with Gasteiger partial charge in [-0.1, -0.05) is 12.1 Å². The first-order valence-corrected chi connectivity index (χ1v) is 10.1. The highest BCUT2D eigenvalue weighted by Gasteiger charge is 2.27. The fraction of sp³-hybridized carbons (Fsp3) is 0.130. The zero-order valence-electron chi connectivity index (χ0n) is 15.6. The van der Waals surface area contributed by atoms with Crippen molar-refractivity contribution < 1.29 is 13.9 Å². The molecule has 0 bridgehead atoms. The van der Waals surface area contributed by atoms with E-state index in [1.807, 2.05) is 43.3 Å². The first kappa shape index (κ1) is 17.8. The third-order valence-corrected chi connectivity index (χ3v) is 6.30. The number of hydrogen-bond donors (Lipinski definition) is 1. The van der Waals surface area contributed by atoms with E-state index in [0.717, 1.165) is 27.3 Å². The lowest BCUT2D eigenvalue weighted by Gasteiger charge is -2.15. The topological polar surface area (TPSA) is 75.9 Å². The second-order valence-corrected chi connectivity index (χ2v) is 8.18. The Balaban J connectivity index is 1.77. The van der Waals surface area contributed by atoms with Crippen LogP contribution in [0.15, 0.2) is 84.4 Å². The SMILES string of the molecule is Cc1cc(=O)oc2c(C3=Nc4ccccc4SC(c4ccco4)C3)c(O)ccc12. The Morgan fingerprint density at radius 1 is 1.14 bits per heavy atom. The van der Waals surface area contributed by atoms with E-state index in [1.54, 1.807) is 30.2 Å². The normalized spacial score (nSPS) is 16.3. The summed E-state index contributed by atoms with van der Waals surface area (Å²) in [6, 6.07) is 16.5. The number of thioether (sulfide) groups is 1. The first-order chi connectivity index (χ1) is 14.1. The molecule has 0 saturated carbocycles. The van der Waals surface area contributed by atoms with Gasteiger partial charge in [-0.2, -0.15) is 0 Å². The molecular weight excluding hydrogens is 386 g/mol. The molecule has 2 aromatic heterocycles. The third kappa shape index (κ3) is 3.15. The van der Waals surface area contributed by atoms with Gasteiger partial charge in [0.05, 0.1) is 28.5 Å². The van der Waals surface area contributed by atoms with E-state index in [1.165, 1.54) is 6.07 Å². The lowest BCUT2D eigenvalue weighted by molar-refractivity contribution is 0.471. The summed E-state index contributed by atoms with van der Waals surface area (Å²) >= 11 is 1.67. The van der Waals surface area contributed by atoms with Crippen molar-refractivity contribution in [2.24, 2.45) is 4.99 Å². The van der Waals surface area contributed by atoms with Crippen LogP contribution in [0.3, 0.4) is 0 Å². The molecule has 5 nitrogen and oxygen atoms in total. The summed E-state index contributed by atoms with van der Waals surface area (Å²) in [5.74, 6) is 0.865. The second kappa shape index (κ2) is 6.97. The molecule has 2 aromatic carbocycles. The molecule has 0 saturated heterocycles. The summed E-state index contributed by atoms with van der Waals surface area (Å²) in [7, 11) is 0. The molecule has 0 radical (unpaired) electrons. The van der Waals surface area contributed by atoms with Crippen LogP contribution < -0.4 is 5.63 Å². The standard InChI is InChI=1S/C23H17NO4S/c1-13-11-21(26)28-23-14(13)8-9-17(25)22(23)16-12-20(18-6-4-10-27-18)29-19-7-3-2-5-15(19)24-16/h2-11,20,25H,12H2,1H3. The number of aryl methyl sites for hydroxylation is 1. The Kier molecular flexibility index (Phi) is 4.28. The fourth-order valence-corrected chi connectivity index (χ4v) is 4.84. The highest BCUT2D eigenvalue weighted by Crippen LogP contribution is 2.46. The van der Waals surface area contributed by atoms with Crippen LogP contribution in [-0.4, -0.2) is 10.8 Å². The lowest BCUT2D eigenvalue weighted by Crippen LogP contribution is -2.08. The van der Waals surface area contributed by atoms with Crippen LogP contribution in [0.25, 0.3) is 11.0 Å². The maximum atomic E-state index is 12.1. The van der Waals surface area contributed by atoms with Gasteiger partial charge in [-0.25, -0.2) is 4.79 Å². The van der Waals surface area contributed by atoms with Crippen molar-refractivity contribution in [3.8, 4) is 5.75 Å². The van der Waals surface area contributed by atoms with Crippen molar-refractivity contribution in [3.05, 3.63) is 88.2 Å². The maximum Gasteiger partial charge on any atom is 0.336 e. The van der Waals surface area contributed by atoms with Crippen LogP contribution in [0.2, 0.25) is 0 Å². The van der Waals surface area contributed by atoms with Crippen LogP contribution in [0.5, 0.6) is 5.75 Å². The van der Waals surface area contributed by atoms with Gasteiger partial charge in [-0.3, -0.25) is 4.99 Å². The molecular formula is C23H17NO4S. The van der Waals surface area contributed by atoms with E-state index in [2.05, 4.69) is 0 Å². The smallest absolute Gasteiger partial charge is 0.336 e. The first-order valence-electron chi connectivity index (χ1n) is 9.23. The van der Waals surface area contributed by atoms with Crippen LogP contribution in [0.1, 0.15) is 28.6 Å². The number of phenols is 1. The van der Waals surface area contributed by atoms with Crippen LogP contribution in [0, 0.1) is 6.92 Å². The second-order valence-electron chi connectivity index (χ2n) is 6.94. The van der Waals surface area contributed by atoms with Crippen molar-refractivity contribution in [3.63, 3.8) is 0 Å². The molecule has 1 aliphatic rings. The molecule has 4 aromatic rings. The molecule has 0 fully saturated rings. The van der Waals surface area contributed by atoms with Gasteiger partial charge in [-0.15, -0.1) is 11.8 Å². The van der Waals surface area contributed by atoms with Crippen molar-refractivity contribution in [2.45, 2.75) is 23.5 Å². The zero-order valence-corrected chi connectivity index (χ0v) is 16.4. The molecule has 29 heavy (non-hydrogen) atoms. The van der Waals surface area contributed by atoms with E-state index >= 15 is 0 Å². The van der Waals surface area contributed by atoms with Crippen molar-refractivity contribution in [2.75, 3.05) is 0 Å². The molecule has 1 unspecified atom stereocenters. The molecule has 1 aliphatic heterocycles. The monoisotopic (exact) mass is 403 g/mol. The number of furan rings is 1. The van der Waals surface area contributed by atoms with E-state index in [4.69, 9.17) is 13.8 Å². The van der Waals surface area contributed by atoms with Crippen molar-refractivity contribution in [1.82, 2.24) is 0 Å². The Bertz CT molecular complexity index is 1300. The van der Waals surface area contributed by atoms with Gasteiger partial charge >= 0.3 is 5.63 Å². The van der Waals surface area contributed by atoms with E-state index in [-0.39, 0.29) is 11.0 Å². The van der Waals surface area contributed by atoms with Crippen molar-refractivity contribution >= 4 is 34.1 Å². The molecule has 1 N–H and O–H groups in total. The summed E-state index contributed by atoms with van der Waals surface area (Å²) in [5, 5.41) is 11.5. The van der Waals surface area contributed by atoms with E-state index < -0.39 is 5.63 Å². The van der Waals surface area contributed by atoms with E-state index in [9.17, 15) is 9.90 Å². The van der Waals surface area contributed by atoms with Gasteiger partial charge in [0.2, 0.25) is 0 Å². The van der Waals surface area contributed by atoms with E-state index in [0.29, 0.717) is 23.3 Å². The number of aliphatic imine (C=N–C) groups is 1. The van der Waals surface area contributed by atoms with Crippen LogP contribution in [-0.2, 0) is 0 Å². The molecule has 0 aliphatic carbocycles. The summed E-state index contributed by atoms with van der Waals surface area (Å²) < 4.78 is 11.2. The van der Waals surface area contributed by atoms with Gasteiger partial charge in [0.25, 0.3) is 0 Å². The Hall–Kier alpha value is -3.25. The number of fused-ring (bicyclic) bond motifs is 2. The average molecular weight is 403 g/mol. The highest BCUT2D eigenvalue weighted by molar-refractivity contribution is 7.99. The molecule has 6 heteroatoms. The predicted octanol–water partition coefficient (Wildman–Crippen LogP) is 5.76. The summed E-state index contributed by atoms with van der Waals surface area (Å²) in [4.78, 5) is 18.0. The summed E-state index contributed by atoms with van der Waals surface area (Å²) in [6.45, 7) is 1.85. The quantitative estimate of drug-likeness (QED) is 0.431. The zero-order chi connectivity index (χ0) is 20.0. The van der Waals surface area contributed by atoms with Gasteiger partial charge in [0.1, 0.15) is 11.5 Å². The molecule has 0 spiro atoms. The van der Waals surface area contributed by atoms with Crippen molar-refractivity contribution in [1.29, 1.82) is 0 Å². The fourth-order valence-electron chi connectivity index (χ4n) is 3.65. The van der Waals surface area contributed by atoms with Crippen LogP contribution >= 0.6 is 11.8 Å². The minimum Gasteiger partial charge on any atom is -0.507 e. The Morgan fingerprint density at radius 2 is 2.00 bits per heavy atom. The Morgan fingerprint density at radius 3 is 2.83 bits per heavy atom. The van der Waals surface area contributed by atoms with Crippen LogP contribution in [0.4, 0.5) is 5.69 Å². The molecule has 5 rings (SSSR count). The number of para-hydroxylation sites is 1. The number of rotatable bonds is 2. The number of aromatic hydroxyl groups is 1. The average Bonchev–Trinajstić information content (AvgIpc) is 3.16. The lowest BCUT2D eigenvalue weighted by atomic mass is 9.99. The largest absolute Gasteiger partial charge is 0.507 e. The molecule has 144 valence electrons. The van der Waals surface area contributed by atoms with Gasteiger partial charge in [-0.05, 0) is 48.9 Å². The molecule has 1 atom stereocenters. The summed E-state index contributed by atoms with van der Waals surface area (Å²) in [6.07, 6.45) is 2.17. The third-order valence-electron chi connectivity index (χ3n) is 5.02. The van der Waals surface area contributed by atoms with Gasteiger partial charge < -0.3 is 13.9 Å². The number of phenolic OH excluding ortho intramolecular Hbond substituents is 1.